The molecule has 1 aliphatic heterocycles. The third kappa shape index (κ3) is 3.17. The van der Waals surface area contributed by atoms with Crippen LogP contribution in [0.4, 0.5) is 4.39 Å². The first-order valence-corrected chi connectivity index (χ1v) is 8.85. The monoisotopic (exact) mass is 354 g/mol. The van der Waals surface area contributed by atoms with E-state index in [0.29, 0.717) is 16.1 Å². The van der Waals surface area contributed by atoms with Gasteiger partial charge < -0.3 is 5.32 Å². The van der Waals surface area contributed by atoms with Crippen LogP contribution in [0, 0.1) is 5.82 Å². The van der Waals surface area contributed by atoms with Crippen LogP contribution in [0.5, 0.6) is 0 Å². The number of hydrogen-bond donors (Lipinski definition) is 1. The number of benzene rings is 1. The fourth-order valence-electron chi connectivity index (χ4n) is 3.86. The van der Waals surface area contributed by atoms with Crippen LogP contribution in [0.1, 0.15) is 44.6 Å². The predicted molar refractivity (Wildman–Crippen MR) is 87.8 cm³/mol. The number of nitrogens with one attached hydrogen (secondary N) is 1. The van der Waals surface area contributed by atoms with Crippen molar-refractivity contribution in [3.05, 3.63) is 34.1 Å². The van der Waals surface area contributed by atoms with E-state index in [9.17, 15) is 4.39 Å². The van der Waals surface area contributed by atoms with Gasteiger partial charge in [0.2, 0.25) is 0 Å². The maximum Gasteiger partial charge on any atom is 0.137 e. The van der Waals surface area contributed by atoms with E-state index < -0.39 is 0 Å². The van der Waals surface area contributed by atoms with E-state index in [-0.39, 0.29) is 5.82 Å². The Morgan fingerprint density at radius 3 is 2.81 bits per heavy atom. The third-order valence-corrected chi connectivity index (χ3v) is 5.82. The predicted octanol–water partition coefficient (Wildman–Crippen LogP) is 4.08. The van der Waals surface area contributed by atoms with Crippen molar-refractivity contribution in [3.63, 3.8) is 0 Å². The van der Waals surface area contributed by atoms with Crippen molar-refractivity contribution in [2.24, 2.45) is 0 Å². The smallest absolute Gasteiger partial charge is 0.137 e. The molecule has 0 aromatic heterocycles. The summed E-state index contributed by atoms with van der Waals surface area (Å²) in [7, 11) is 0. The van der Waals surface area contributed by atoms with E-state index in [2.05, 4.69) is 33.1 Å². The van der Waals surface area contributed by atoms with E-state index >= 15 is 0 Å². The zero-order valence-corrected chi connectivity index (χ0v) is 14.3. The van der Waals surface area contributed by atoms with Crippen LogP contribution in [0.3, 0.4) is 0 Å². The topological polar surface area (TPSA) is 15.3 Å². The van der Waals surface area contributed by atoms with Gasteiger partial charge in [0.15, 0.2) is 0 Å². The summed E-state index contributed by atoms with van der Waals surface area (Å²) in [6.45, 7) is 5.38. The molecular formula is C17H24BrFN2. The standard InChI is InChI=1S/C17H24BrFN2/c1-2-14-11-21(17(12-20-14)7-3-4-8-17)10-13-5-6-16(19)15(18)9-13/h5-6,9,14,20H,2-4,7-8,10-12H2,1H3. The third-order valence-electron chi connectivity index (χ3n) is 5.22. The molecule has 1 heterocycles. The second kappa shape index (κ2) is 6.35. The molecule has 2 nitrogen and oxygen atoms in total. The largest absolute Gasteiger partial charge is 0.311 e. The van der Waals surface area contributed by atoms with Gasteiger partial charge >= 0.3 is 0 Å². The average Bonchev–Trinajstić information content (AvgIpc) is 2.95. The fraction of sp³-hybridized carbons (Fsp3) is 0.647. The van der Waals surface area contributed by atoms with Crippen molar-refractivity contribution in [1.82, 2.24) is 10.2 Å². The fourth-order valence-corrected chi connectivity index (χ4v) is 4.29. The first kappa shape index (κ1) is 15.4. The van der Waals surface area contributed by atoms with Gasteiger partial charge in [-0.3, -0.25) is 4.90 Å². The summed E-state index contributed by atoms with van der Waals surface area (Å²) < 4.78 is 14.0. The summed E-state index contributed by atoms with van der Waals surface area (Å²) in [5.74, 6) is -0.180. The van der Waals surface area contributed by atoms with Crippen molar-refractivity contribution in [2.45, 2.75) is 57.2 Å². The van der Waals surface area contributed by atoms with Crippen LogP contribution < -0.4 is 5.32 Å². The minimum atomic E-state index is -0.180. The summed E-state index contributed by atoms with van der Waals surface area (Å²) in [6, 6.07) is 6.01. The van der Waals surface area contributed by atoms with Crippen LogP contribution in [0.15, 0.2) is 22.7 Å². The molecule has 1 aliphatic carbocycles. The molecular weight excluding hydrogens is 331 g/mol. The van der Waals surface area contributed by atoms with Crippen molar-refractivity contribution >= 4 is 15.9 Å². The Morgan fingerprint density at radius 1 is 1.38 bits per heavy atom. The first-order valence-electron chi connectivity index (χ1n) is 8.05. The molecule has 21 heavy (non-hydrogen) atoms. The van der Waals surface area contributed by atoms with E-state index in [4.69, 9.17) is 0 Å². The average molecular weight is 355 g/mol. The summed E-state index contributed by atoms with van der Waals surface area (Å²) >= 11 is 3.31. The minimum absolute atomic E-state index is 0.180. The maximum atomic E-state index is 13.4. The zero-order valence-electron chi connectivity index (χ0n) is 12.7. The number of hydrogen-bond acceptors (Lipinski definition) is 2. The lowest BCUT2D eigenvalue weighted by atomic mass is 9.90. The van der Waals surface area contributed by atoms with E-state index in [0.717, 1.165) is 19.6 Å². The molecule has 1 saturated carbocycles. The summed E-state index contributed by atoms with van der Waals surface area (Å²) in [4.78, 5) is 2.66. The molecule has 1 atom stereocenters. The lowest BCUT2D eigenvalue weighted by molar-refractivity contribution is 0.0349. The molecule has 2 aliphatic rings. The lowest BCUT2D eigenvalue weighted by Crippen LogP contribution is -2.62. The van der Waals surface area contributed by atoms with Crippen LogP contribution in [-0.4, -0.2) is 29.6 Å². The zero-order chi connectivity index (χ0) is 14.9. The Morgan fingerprint density at radius 2 is 2.14 bits per heavy atom. The van der Waals surface area contributed by atoms with Crippen molar-refractivity contribution in [2.75, 3.05) is 13.1 Å². The van der Waals surface area contributed by atoms with Gasteiger partial charge in [-0.05, 0) is 52.9 Å². The van der Waals surface area contributed by atoms with Crippen LogP contribution in [0.2, 0.25) is 0 Å². The Balaban J connectivity index is 1.80. The molecule has 1 aromatic carbocycles. The molecule has 1 unspecified atom stereocenters. The minimum Gasteiger partial charge on any atom is -0.311 e. The summed E-state index contributed by atoms with van der Waals surface area (Å²) in [5.41, 5.74) is 1.53. The van der Waals surface area contributed by atoms with Gasteiger partial charge in [0, 0.05) is 31.2 Å². The molecule has 1 N–H and O–H groups in total. The van der Waals surface area contributed by atoms with Gasteiger partial charge in [-0.1, -0.05) is 25.8 Å². The Kier molecular flexibility index (Phi) is 4.67. The van der Waals surface area contributed by atoms with E-state index in [1.165, 1.54) is 37.7 Å². The Bertz CT molecular complexity index is 500. The first-order chi connectivity index (χ1) is 10.1. The molecule has 1 aromatic rings. The molecule has 4 heteroatoms. The van der Waals surface area contributed by atoms with Crippen molar-refractivity contribution < 1.29 is 4.39 Å². The van der Waals surface area contributed by atoms with Gasteiger partial charge in [-0.2, -0.15) is 0 Å². The number of rotatable bonds is 3. The maximum absolute atomic E-state index is 13.4. The highest BCUT2D eigenvalue weighted by atomic mass is 79.9. The number of halogens is 2. The van der Waals surface area contributed by atoms with E-state index in [1.807, 2.05) is 12.1 Å². The van der Waals surface area contributed by atoms with Crippen LogP contribution in [-0.2, 0) is 6.54 Å². The lowest BCUT2D eigenvalue weighted by Gasteiger charge is -2.48. The molecule has 0 radical (unpaired) electrons. The second-order valence-corrected chi connectivity index (χ2v) is 7.40. The van der Waals surface area contributed by atoms with Gasteiger partial charge in [0.1, 0.15) is 5.82 Å². The molecule has 1 spiro atoms. The highest BCUT2D eigenvalue weighted by Gasteiger charge is 2.42. The van der Waals surface area contributed by atoms with Gasteiger partial charge in [0.05, 0.1) is 4.47 Å². The van der Waals surface area contributed by atoms with Crippen molar-refractivity contribution in [3.8, 4) is 0 Å². The van der Waals surface area contributed by atoms with Gasteiger partial charge in [-0.25, -0.2) is 4.39 Å². The molecule has 3 rings (SSSR count). The molecule has 1 saturated heterocycles. The Hall–Kier alpha value is -0.450. The quantitative estimate of drug-likeness (QED) is 0.879. The highest BCUT2D eigenvalue weighted by molar-refractivity contribution is 9.10. The van der Waals surface area contributed by atoms with Crippen molar-refractivity contribution in [1.29, 1.82) is 0 Å². The van der Waals surface area contributed by atoms with E-state index in [1.54, 1.807) is 6.07 Å². The second-order valence-electron chi connectivity index (χ2n) is 6.55. The molecule has 2 fully saturated rings. The van der Waals surface area contributed by atoms with Crippen LogP contribution >= 0.6 is 15.9 Å². The molecule has 0 amide bonds. The normalized spacial score (nSPS) is 25.6. The van der Waals surface area contributed by atoms with Gasteiger partial charge in [-0.15, -0.1) is 0 Å². The molecule has 0 bridgehead atoms. The Labute approximate surface area is 135 Å². The number of piperazine rings is 1. The summed E-state index contributed by atoms with van der Waals surface area (Å²) in [6.07, 6.45) is 6.42. The highest BCUT2D eigenvalue weighted by Crippen LogP contribution is 2.38. The van der Waals surface area contributed by atoms with Gasteiger partial charge in [0.25, 0.3) is 0 Å². The number of nitrogens with zero attached hydrogens (tertiary/aromatic N) is 1. The molecule has 116 valence electrons. The summed E-state index contributed by atoms with van der Waals surface area (Å²) in [5, 5.41) is 3.73. The van der Waals surface area contributed by atoms with Crippen LogP contribution in [0.25, 0.3) is 0 Å². The SMILES string of the molecule is CCC1CN(Cc2ccc(F)c(Br)c2)C2(CCCC2)CN1.